The van der Waals surface area contributed by atoms with E-state index in [4.69, 9.17) is 0 Å². The van der Waals surface area contributed by atoms with Crippen LogP contribution in [-0.4, -0.2) is 6.54 Å². The highest BCUT2D eigenvalue weighted by atomic mass is 79.9. The third-order valence-electron chi connectivity index (χ3n) is 3.16. The first-order chi connectivity index (χ1) is 7.66. The molecule has 1 nitrogen and oxygen atoms in total. The van der Waals surface area contributed by atoms with Crippen molar-refractivity contribution in [2.75, 3.05) is 6.54 Å². The van der Waals surface area contributed by atoms with Crippen LogP contribution in [0.15, 0.2) is 29.3 Å². The molecule has 0 heterocycles. The lowest BCUT2D eigenvalue weighted by Crippen LogP contribution is -2.26. The van der Waals surface area contributed by atoms with E-state index < -0.39 is 0 Å². The fraction of sp³-hybridized carbons (Fsp3) is 0.429. The third-order valence-corrected chi connectivity index (χ3v) is 3.44. The lowest BCUT2D eigenvalue weighted by Gasteiger charge is -2.27. The molecule has 0 saturated carbocycles. The lowest BCUT2D eigenvalue weighted by atomic mass is 9.86. The van der Waals surface area contributed by atoms with E-state index >= 15 is 0 Å². The van der Waals surface area contributed by atoms with Crippen LogP contribution in [0.2, 0.25) is 0 Å². The topological polar surface area (TPSA) is 12.0 Å². The number of benzene rings is 1. The van der Waals surface area contributed by atoms with Crippen LogP contribution in [0.1, 0.15) is 35.6 Å². The summed E-state index contributed by atoms with van der Waals surface area (Å²) in [6.45, 7) is 6.87. The van der Waals surface area contributed by atoms with Gasteiger partial charge in [-0.1, -0.05) is 46.3 Å². The van der Waals surface area contributed by atoms with E-state index in [-0.39, 0.29) is 0 Å². The van der Waals surface area contributed by atoms with Crippen LogP contribution in [0.4, 0.5) is 0 Å². The maximum atomic E-state index is 3.87. The number of hydrogen-bond donors (Lipinski definition) is 1. The molecule has 1 atom stereocenters. The first kappa shape index (κ1) is 11.9. The molecule has 0 radical (unpaired) electrons. The molecule has 1 unspecified atom stereocenters. The van der Waals surface area contributed by atoms with Crippen molar-refractivity contribution >= 4 is 15.9 Å². The Balaban J connectivity index is 2.18. The van der Waals surface area contributed by atoms with Gasteiger partial charge < -0.3 is 5.32 Å². The van der Waals surface area contributed by atoms with Crippen molar-refractivity contribution in [1.29, 1.82) is 0 Å². The van der Waals surface area contributed by atoms with Crippen molar-refractivity contribution in [3.05, 3.63) is 46.0 Å². The minimum absolute atomic E-state index is 0.498. The van der Waals surface area contributed by atoms with E-state index in [0.717, 1.165) is 11.0 Å². The van der Waals surface area contributed by atoms with Gasteiger partial charge in [-0.25, -0.2) is 0 Å². The van der Waals surface area contributed by atoms with E-state index in [0.29, 0.717) is 6.04 Å². The summed E-state index contributed by atoms with van der Waals surface area (Å²) in [6, 6.07) is 7.31. The zero-order chi connectivity index (χ0) is 11.5. The Labute approximate surface area is 106 Å². The van der Waals surface area contributed by atoms with E-state index in [1.165, 1.54) is 36.0 Å². The maximum absolute atomic E-state index is 3.87. The van der Waals surface area contributed by atoms with Gasteiger partial charge in [-0.2, -0.15) is 0 Å². The molecule has 0 spiro atoms. The van der Waals surface area contributed by atoms with Crippen LogP contribution >= 0.6 is 15.9 Å². The number of aryl methyl sites for hydroxylation is 2. The number of rotatable bonds is 3. The van der Waals surface area contributed by atoms with Gasteiger partial charge in [0.05, 0.1) is 0 Å². The third kappa shape index (κ3) is 2.74. The molecule has 2 heteroatoms. The molecule has 1 N–H and O–H groups in total. The fourth-order valence-electron chi connectivity index (χ4n) is 2.36. The largest absolute Gasteiger partial charge is 0.305 e. The van der Waals surface area contributed by atoms with Crippen LogP contribution in [0.5, 0.6) is 0 Å². The number of halogens is 1. The fourth-order valence-corrected chi connectivity index (χ4v) is 2.53. The molecule has 2 rings (SSSR count). The average molecular weight is 280 g/mol. The smallest absolute Gasteiger partial charge is 0.0326 e. The Hall–Kier alpha value is -0.600. The molecular weight excluding hydrogens is 262 g/mol. The summed E-state index contributed by atoms with van der Waals surface area (Å²) in [5.74, 6) is 0. The predicted octanol–water partition coefficient (Wildman–Crippen LogP) is 3.87. The van der Waals surface area contributed by atoms with Crippen LogP contribution < -0.4 is 5.32 Å². The molecule has 86 valence electrons. The summed E-state index contributed by atoms with van der Waals surface area (Å²) in [7, 11) is 0. The van der Waals surface area contributed by atoms with Gasteiger partial charge in [0.25, 0.3) is 0 Å². The average Bonchev–Trinajstić information content (AvgIpc) is 2.26. The second-order valence-electron chi connectivity index (χ2n) is 4.55. The van der Waals surface area contributed by atoms with Crippen molar-refractivity contribution in [2.24, 2.45) is 0 Å². The summed E-state index contributed by atoms with van der Waals surface area (Å²) in [5, 5.41) is 3.56. The van der Waals surface area contributed by atoms with Gasteiger partial charge in [0.1, 0.15) is 0 Å². The SMILES string of the molecule is C=C(Br)CNC1CCCc2ccc(C)cc21. The summed E-state index contributed by atoms with van der Waals surface area (Å²) in [6.07, 6.45) is 3.74. The van der Waals surface area contributed by atoms with E-state index in [9.17, 15) is 0 Å². The molecule has 1 aromatic rings. The number of hydrogen-bond acceptors (Lipinski definition) is 1. The first-order valence-electron chi connectivity index (χ1n) is 5.83. The molecule has 1 aromatic carbocycles. The summed E-state index contributed by atoms with van der Waals surface area (Å²) in [4.78, 5) is 0. The van der Waals surface area contributed by atoms with Crippen LogP contribution in [-0.2, 0) is 6.42 Å². The quantitative estimate of drug-likeness (QED) is 0.886. The Morgan fingerprint density at radius 1 is 1.56 bits per heavy atom. The van der Waals surface area contributed by atoms with Crippen LogP contribution in [0, 0.1) is 6.92 Å². The minimum atomic E-state index is 0.498. The van der Waals surface area contributed by atoms with Gasteiger partial charge in [-0.3, -0.25) is 0 Å². The number of fused-ring (bicyclic) bond motifs is 1. The molecule has 16 heavy (non-hydrogen) atoms. The van der Waals surface area contributed by atoms with Crippen molar-refractivity contribution < 1.29 is 0 Å². The molecular formula is C14H18BrN. The maximum Gasteiger partial charge on any atom is 0.0326 e. The first-order valence-corrected chi connectivity index (χ1v) is 6.62. The Morgan fingerprint density at radius 3 is 3.12 bits per heavy atom. The van der Waals surface area contributed by atoms with E-state index in [1.807, 2.05) is 0 Å². The van der Waals surface area contributed by atoms with Gasteiger partial charge in [0, 0.05) is 17.1 Å². The lowest BCUT2D eigenvalue weighted by molar-refractivity contribution is 0.479. The second-order valence-corrected chi connectivity index (χ2v) is 5.67. The molecule has 0 bridgehead atoms. The standard InChI is InChI=1S/C14H18BrN/c1-10-6-7-12-4-3-5-14(13(12)8-10)16-9-11(2)15/h6-8,14,16H,2-5,9H2,1H3. The zero-order valence-electron chi connectivity index (χ0n) is 9.72. The van der Waals surface area contributed by atoms with E-state index in [2.05, 4.69) is 52.9 Å². The number of nitrogens with one attached hydrogen (secondary N) is 1. The second kappa shape index (κ2) is 5.15. The summed E-state index contributed by atoms with van der Waals surface area (Å²) >= 11 is 3.40. The molecule has 0 amide bonds. The Morgan fingerprint density at radius 2 is 2.38 bits per heavy atom. The van der Waals surface area contributed by atoms with Crippen LogP contribution in [0.25, 0.3) is 0 Å². The highest BCUT2D eigenvalue weighted by molar-refractivity contribution is 9.11. The molecule has 0 fully saturated rings. The Kier molecular flexibility index (Phi) is 3.82. The van der Waals surface area contributed by atoms with Crippen molar-refractivity contribution in [3.8, 4) is 0 Å². The molecule has 0 aliphatic heterocycles. The normalized spacial score (nSPS) is 19.2. The van der Waals surface area contributed by atoms with Crippen molar-refractivity contribution in [2.45, 2.75) is 32.2 Å². The molecule has 0 saturated heterocycles. The highest BCUT2D eigenvalue weighted by Crippen LogP contribution is 2.30. The predicted molar refractivity (Wildman–Crippen MR) is 72.9 cm³/mol. The summed E-state index contributed by atoms with van der Waals surface area (Å²) < 4.78 is 1.02. The Bertz CT molecular complexity index is 398. The van der Waals surface area contributed by atoms with Crippen molar-refractivity contribution in [3.63, 3.8) is 0 Å². The minimum Gasteiger partial charge on any atom is -0.305 e. The summed E-state index contributed by atoms with van der Waals surface area (Å²) in [5.41, 5.74) is 4.35. The van der Waals surface area contributed by atoms with Crippen LogP contribution in [0.3, 0.4) is 0 Å². The van der Waals surface area contributed by atoms with Gasteiger partial charge >= 0.3 is 0 Å². The van der Waals surface area contributed by atoms with Crippen molar-refractivity contribution in [1.82, 2.24) is 5.32 Å². The highest BCUT2D eigenvalue weighted by Gasteiger charge is 2.19. The van der Waals surface area contributed by atoms with Gasteiger partial charge in [0.15, 0.2) is 0 Å². The van der Waals surface area contributed by atoms with Gasteiger partial charge in [-0.15, -0.1) is 0 Å². The molecule has 0 aromatic heterocycles. The molecule has 1 aliphatic rings. The van der Waals surface area contributed by atoms with Gasteiger partial charge in [0.2, 0.25) is 0 Å². The van der Waals surface area contributed by atoms with E-state index in [1.54, 1.807) is 0 Å². The molecule has 1 aliphatic carbocycles. The zero-order valence-corrected chi connectivity index (χ0v) is 11.3. The monoisotopic (exact) mass is 279 g/mol. The van der Waals surface area contributed by atoms with Gasteiger partial charge in [-0.05, 0) is 37.3 Å².